The average Bonchev–Trinajstić information content (AvgIpc) is 2.30. The minimum Gasteiger partial charge on any atom is -0.473 e. The molecular weight excluding hydrogens is 212 g/mol. The summed E-state index contributed by atoms with van der Waals surface area (Å²) in [6.45, 7) is 8.61. The first-order valence-electron chi connectivity index (χ1n) is 6.39. The largest absolute Gasteiger partial charge is 0.473 e. The van der Waals surface area contributed by atoms with E-state index in [-0.39, 0.29) is 11.5 Å². The zero-order valence-electron chi connectivity index (χ0n) is 11.0. The fourth-order valence-electron chi connectivity index (χ4n) is 1.98. The summed E-state index contributed by atoms with van der Waals surface area (Å²) < 4.78 is 5.85. The Labute approximate surface area is 104 Å². The van der Waals surface area contributed by atoms with Crippen molar-refractivity contribution < 1.29 is 4.74 Å². The van der Waals surface area contributed by atoms with Gasteiger partial charge in [0, 0.05) is 18.8 Å². The number of aromatic nitrogens is 1. The third kappa shape index (κ3) is 3.43. The molecule has 1 atom stereocenters. The van der Waals surface area contributed by atoms with Crippen LogP contribution in [0.5, 0.6) is 5.88 Å². The van der Waals surface area contributed by atoms with Gasteiger partial charge in [-0.25, -0.2) is 4.98 Å². The highest BCUT2D eigenvalue weighted by Gasteiger charge is 2.16. The topological polar surface area (TPSA) is 34.1 Å². The molecule has 3 nitrogen and oxygen atoms in total. The van der Waals surface area contributed by atoms with Crippen molar-refractivity contribution in [1.29, 1.82) is 0 Å². The number of hydrogen-bond acceptors (Lipinski definition) is 3. The second kappa shape index (κ2) is 5.05. The molecule has 0 bridgehead atoms. The van der Waals surface area contributed by atoms with E-state index in [1.165, 1.54) is 12.0 Å². The molecule has 1 aromatic rings. The van der Waals surface area contributed by atoms with Crippen LogP contribution in [0.1, 0.15) is 39.2 Å². The van der Waals surface area contributed by atoms with Crippen LogP contribution in [0.15, 0.2) is 18.3 Å². The van der Waals surface area contributed by atoms with Crippen LogP contribution in [0.4, 0.5) is 0 Å². The summed E-state index contributed by atoms with van der Waals surface area (Å²) in [6.07, 6.45) is 4.50. The summed E-state index contributed by atoms with van der Waals surface area (Å²) in [4.78, 5) is 4.39. The number of hydrogen-bond donors (Lipinski definition) is 1. The van der Waals surface area contributed by atoms with E-state index >= 15 is 0 Å². The molecule has 17 heavy (non-hydrogen) atoms. The number of nitrogens with one attached hydrogen (secondary N) is 1. The molecule has 1 aromatic heterocycles. The second-order valence-electron chi connectivity index (χ2n) is 5.72. The fourth-order valence-corrected chi connectivity index (χ4v) is 1.98. The van der Waals surface area contributed by atoms with E-state index < -0.39 is 0 Å². The molecule has 0 aromatic carbocycles. The maximum absolute atomic E-state index is 5.85. The maximum Gasteiger partial charge on any atom is 0.213 e. The van der Waals surface area contributed by atoms with E-state index in [0.29, 0.717) is 0 Å². The first-order valence-corrected chi connectivity index (χ1v) is 6.39. The van der Waals surface area contributed by atoms with Gasteiger partial charge in [0.15, 0.2) is 0 Å². The van der Waals surface area contributed by atoms with Crippen molar-refractivity contribution >= 4 is 0 Å². The minimum absolute atomic E-state index is 0.151. The zero-order chi connectivity index (χ0) is 12.3. The smallest absolute Gasteiger partial charge is 0.213 e. The Balaban J connectivity index is 1.98. The predicted molar refractivity (Wildman–Crippen MR) is 69.5 cm³/mol. The molecular formula is C14H22N2O. The van der Waals surface area contributed by atoms with Crippen LogP contribution in [-0.2, 0) is 5.41 Å². The van der Waals surface area contributed by atoms with Gasteiger partial charge in [-0.05, 0) is 30.4 Å². The highest BCUT2D eigenvalue weighted by atomic mass is 16.5. The lowest BCUT2D eigenvalue weighted by atomic mass is 9.88. The summed E-state index contributed by atoms with van der Waals surface area (Å²) in [5.41, 5.74) is 1.39. The number of rotatable bonds is 2. The van der Waals surface area contributed by atoms with Gasteiger partial charge in [-0.2, -0.15) is 0 Å². The summed E-state index contributed by atoms with van der Waals surface area (Å²) in [5.74, 6) is 0.742. The molecule has 1 unspecified atom stereocenters. The van der Waals surface area contributed by atoms with E-state index in [9.17, 15) is 0 Å². The van der Waals surface area contributed by atoms with Crippen molar-refractivity contribution in [1.82, 2.24) is 10.3 Å². The van der Waals surface area contributed by atoms with Crippen molar-refractivity contribution in [2.24, 2.45) is 0 Å². The summed E-state index contributed by atoms with van der Waals surface area (Å²) in [7, 11) is 0. The molecule has 0 aliphatic carbocycles. The maximum atomic E-state index is 5.85. The van der Waals surface area contributed by atoms with Crippen molar-refractivity contribution in [2.75, 3.05) is 13.1 Å². The quantitative estimate of drug-likeness (QED) is 0.853. The SMILES string of the molecule is CC(C)(C)c1ccc(OC2CCCNC2)nc1. The molecule has 1 aliphatic heterocycles. The third-order valence-corrected chi connectivity index (χ3v) is 3.14. The van der Waals surface area contributed by atoms with Crippen LogP contribution in [0.3, 0.4) is 0 Å². The van der Waals surface area contributed by atoms with Crippen LogP contribution in [0.25, 0.3) is 0 Å². The van der Waals surface area contributed by atoms with Crippen molar-refractivity contribution in [3.05, 3.63) is 23.9 Å². The van der Waals surface area contributed by atoms with Crippen molar-refractivity contribution in [3.63, 3.8) is 0 Å². The van der Waals surface area contributed by atoms with Gasteiger partial charge < -0.3 is 10.1 Å². The molecule has 0 amide bonds. The van der Waals surface area contributed by atoms with Gasteiger partial charge in [0.25, 0.3) is 0 Å². The summed E-state index contributed by atoms with van der Waals surface area (Å²) >= 11 is 0. The molecule has 0 radical (unpaired) electrons. The average molecular weight is 234 g/mol. The highest BCUT2D eigenvalue weighted by Crippen LogP contribution is 2.23. The van der Waals surface area contributed by atoms with Gasteiger partial charge in [0.2, 0.25) is 5.88 Å². The Morgan fingerprint density at radius 2 is 2.18 bits per heavy atom. The molecule has 94 valence electrons. The van der Waals surface area contributed by atoms with Crippen molar-refractivity contribution in [3.8, 4) is 5.88 Å². The van der Waals surface area contributed by atoms with Crippen LogP contribution in [0.2, 0.25) is 0 Å². The normalized spacial score (nSPS) is 21.2. The molecule has 2 rings (SSSR count). The Bertz CT molecular complexity index is 347. The van der Waals surface area contributed by atoms with E-state index in [1.54, 1.807) is 0 Å². The van der Waals surface area contributed by atoms with E-state index in [0.717, 1.165) is 25.4 Å². The number of nitrogens with zero attached hydrogens (tertiary/aromatic N) is 1. The van der Waals surface area contributed by atoms with E-state index in [1.807, 2.05) is 12.3 Å². The molecule has 2 heterocycles. The van der Waals surface area contributed by atoms with Gasteiger partial charge in [-0.15, -0.1) is 0 Å². The summed E-state index contributed by atoms with van der Waals surface area (Å²) in [5, 5.41) is 3.34. The molecule has 0 saturated carbocycles. The predicted octanol–water partition coefficient (Wildman–Crippen LogP) is 2.51. The van der Waals surface area contributed by atoms with Gasteiger partial charge >= 0.3 is 0 Å². The Morgan fingerprint density at radius 3 is 2.71 bits per heavy atom. The number of pyridine rings is 1. The van der Waals surface area contributed by atoms with Crippen molar-refractivity contribution in [2.45, 2.75) is 45.1 Å². The molecule has 1 aliphatic rings. The molecule has 1 N–H and O–H groups in total. The second-order valence-corrected chi connectivity index (χ2v) is 5.72. The number of ether oxygens (including phenoxy) is 1. The first kappa shape index (κ1) is 12.4. The Hall–Kier alpha value is -1.09. The highest BCUT2D eigenvalue weighted by molar-refractivity contribution is 5.23. The van der Waals surface area contributed by atoms with Crippen LogP contribution in [-0.4, -0.2) is 24.2 Å². The standard InChI is InChI=1S/C14H22N2O/c1-14(2,3)11-6-7-13(16-9-11)17-12-5-4-8-15-10-12/h6-7,9,12,15H,4-5,8,10H2,1-3H3. The Kier molecular flexibility index (Phi) is 3.67. The minimum atomic E-state index is 0.151. The van der Waals surface area contributed by atoms with Gasteiger partial charge in [-0.1, -0.05) is 26.8 Å². The molecule has 3 heteroatoms. The molecule has 1 fully saturated rings. The third-order valence-electron chi connectivity index (χ3n) is 3.14. The zero-order valence-corrected chi connectivity index (χ0v) is 11.0. The lowest BCUT2D eigenvalue weighted by molar-refractivity contribution is 0.160. The van der Waals surface area contributed by atoms with Crippen LogP contribution >= 0.6 is 0 Å². The van der Waals surface area contributed by atoms with E-state index in [2.05, 4.69) is 37.1 Å². The summed E-state index contributed by atoms with van der Waals surface area (Å²) in [6, 6.07) is 4.09. The Morgan fingerprint density at radius 1 is 1.35 bits per heavy atom. The lowest BCUT2D eigenvalue weighted by Gasteiger charge is -2.24. The molecule has 0 spiro atoms. The van der Waals surface area contributed by atoms with E-state index in [4.69, 9.17) is 4.74 Å². The molecule has 1 saturated heterocycles. The van der Waals surface area contributed by atoms with Crippen LogP contribution in [0, 0.1) is 0 Å². The van der Waals surface area contributed by atoms with Gasteiger partial charge in [-0.3, -0.25) is 0 Å². The van der Waals surface area contributed by atoms with Gasteiger partial charge in [0.1, 0.15) is 6.10 Å². The van der Waals surface area contributed by atoms with Gasteiger partial charge in [0.05, 0.1) is 0 Å². The monoisotopic (exact) mass is 234 g/mol. The number of piperidine rings is 1. The fraction of sp³-hybridized carbons (Fsp3) is 0.643. The lowest BCUT2D eigenvalue weighted by Crippen LogP contribution is -2.37. The first-order chi connectivity index (χ1) is 8.05. The van der Waals surface area contributed by atoms with Crippen LogP contribution < -0.4 is 10.1 Å².